The van der Waals surface area contributed by atoms with Crippen LogP contribution < -0.4 is 4.90 Å². The molecule has 3 aliphatic rings. The van der Waals surface area contributed by atoms with E-state index in [4.69, 9.17) is 0 Å². The summed E-state index contributed by atoms with van der Waals surface area (Å²) in [7, 11) is 0. The summed E-state index contributed by atoms with van der Waals surface area (Å²) in [6.45, 7) is 0. The lowest BCUT2D eigenvalue weighted by atomic mass is 9.85. The van der Waals surface area contributed by atoms with Crippen molar-refractivity contribution in [3.8, 4) is 5.75 Å². The fourth-order valence-corrected chi connectivity index (χ4v) is 3.79. The van der Waals surface area contributed by atoms with Crippen LogP contribution in [0.3, 0.4) is 0 Å². The number of carbonyl (C=O) groups is 2. The summed E-state index contributed by atoms with van der Waals surface area (Å²) >= 11 is 0. The molecular weight excluding hydrogens is 242 g/mol. The molecule has 4 nitrogen and oxygen atoms in total. The van der Waals surface area contributed by atoms with Crippen molar-refractivity contribution in [1.29, 1.82) is 0 Å². The van der Waals surface area contributed by atoms with Crippen molar-refractivity contribution in [1.82, 2.24) is 0 Å². The molecule has 1 aromatic rings. The summed E-state index contributed by atoms with van der Waals surface area (Å²) in [6, 6.07) is 6.32. The van der Waals surface area contributed by atoms with E-state index in [0.717, 1.165) is 6.42 Å². The number of carbonyl (C=O) groups excluding carboxylic acids is 2. The van der Waals surface area contributed by atoms with Gasteiger partial charge >= 0.3 is 0 Å². The summed E-state index contributed by atoms with van der Waals surface area (Å²) in [5, 5.41) is 9.50. The number of phenolic OH excluding ortho intramolecular Hbond substituents is 1. The van der Waals surface area contributed by atoms with Gasteiger partial charge in [-0.3, -0.25) is 9.59 Å². The molecule has 96 valence electrons. The third-order valence-corrected chi connectivity index (χ3v) is 4.56. The minimum atomic E-state index is -0.190. The van der Waals surface area contributed by atoms with Gasteiger partial charge in [-0.25, -0.2) is 4.90 Å². The average Bonchev–Trinajstić information content (AvgIpc) is 3.04. The Hall–Kier alpha value is -2.10. The van der Waals surface area contributed by atoms with Gasteiger partial charge in [-0.1, -0.05) is 18.2 Å². The molecule has 1 saturated heterocycles. The molecule has 1 heterocycles. The number of rotatable bonds is 1. The smallest absolute Gasteiger partial charge is 0.238 e. The summed E-state index contributed by atoms with van der Waals surface area (Å²) in [4.78, 5) is 26.2. The van der Waals surface area contributed by atoms with Gasteiger partial charge in [0.05, 0.1) is 17.5 Å². The van der Waals surface area contributed by atoms with E-state index in [1.54, 1.807) is 12.1 Å². The molecular formula is C15H13NO3. The van der Waals surface area contributed by atoms with E-state index in [0.29, 0.717) is 5.69 Å². The van der Waals surface area contributed by atoms with Gasteiger partial charge in [-0.05, 0) is 30.4 Å². The molecule has 2 amide bonds. The summed E-state index contributed by atoms with van der Waals surface area (Å²) in [5.41, 5.74) is 0.476. The highest BCUT2D eigenvalue weighted by Crippen LogP contribution is 2.53. The third kappa shape index (κ3) is 1.28. The zero-order chi connectivity index (χ0) is 13.1. The molecule has 0 unspecified atom stereocenters. The number of anilines is 1. The number of aromatic hydroxyl groups is 1. The van der Waals surface area contributed by atoms with Crippen LogP contribution in [0.5, 0.6) is 5.75 Å². The van der Waals surface area contributed by atoms with Gasteiger partial charge in [-0.2, -0.15) is 0 Å². The third-order valence-electron chi connectivity index (χ3n) is 4.56. The van der Waals surface area contributed by atoms with Crippen LogP contribution in [0.4, 0.5) is 5.69 Å². The van der Waals surface area contributed by atoms with Crippen LogP contribution in [0, 0.1) is 23.7 Å². The highest BCUT2D eigenvalue weighted by Gasteiger charge is 2.59. The molecule has 2 bridgehead atoms. The standard InChI is InChI=1S/C15H13NO3/c17-11-3-1-2-10(7-11)16-14(18)12-8-4-5-9(6-8)13(12)15(16)19/h1-5,7-9,12-13,17H,6H2/t8-,9-,12-,13+/m1/s1. The van der Waals surface area contributed by atoms with Gasteiger partial charge in [0.1, 0.15) is 5.75 Å². The summed E-state index contributed by atoms with van der Waals surface area (Å²) in [5.74, 6) is -0.108. The maximum atomic E-state index is 12.5. The number of phenols is 1. The molecule has 0 radical (unpaired) electrons. The average molecular weight is 255 g/mol. The van der Waals surface area contributed by atoms with Crippen LogP contribution in [0.15, 0.2) is 36.4 Å². The van der Waals surface area contributed by atoms with E-state index in [1.807, 2.05) is 0 Å². The van der Waals surface area contributed by atoms with Crippen LogP contribution in [0.1, 0.15) is 6.42 Å². The monoisotopic (exact) mass is 255 g/mol. The van der Waals surface area contributed by atoms with Gasteiger partial charge in [-0.15, -0.1) is 0 Å². The normalized spacial score (nSPS) is 35.3. The highest BCUT2D eigenvalue weighted by atomic mass is 16.3. The van der Waals surface area contributed by atoms with E-state index in [9.17, 15) is 14.7 Å². The van der Waals surface area contributed by atoms with Crippen molar-refractivity contribution >= 4 is 17.5 Å². The Labute approximate surface area is 110 Å². The number of nitrogens with zero attached hydrogens (tertiary/aromatic N) is 1. The lowest BCUT2D eigenvalue weighted by Crippen LogP contribution is -2.32. The molecule has 1 N–H and O–H groups in total. The fourth-order valence-electron chi connectivity index (χ4n) is 3.79. The second-order valence-electron chi connectivity index (χ2n) is 5.53. The van der Waals surface area contributed by atoms with Crippen molar-refractivity contribution < 1.29 is 14.7 Å². The quantitative estimate of drug-likeness (QED) is 0.614. The van der Waals surface area contributed by atoms with Crippen LogP contribution in [-0.2, 0) is 9.59 Å². The predicted molar refractivity (Wildman–Crippen MR) is 68.3 cm³/mol. The molecule has 4 atom stereocenters. The lowest BCUT2D eigenvalue weighted by Gasteiger charge is -2.17. The molecule has 2 fully saturated rings. The number of imide groups is 1. The van der Waals surface area contributed by atoms with Gasteiger partial charge in [0.2, 0.25) is 11.8 Å². The second-order valence-corrected chi connectivity index (χ2v) is 5.53. The van der Waals surface area contributed by atoms with Crippen LogP contribution in [0.25, 0.3) is 0 Å². The number of hydrogen-bond donors (Lipinski definition) is 1. The van der Waals surface area contributed by atoms with Crippen molar-refractivity contribution in [3.05, 3.63) is 36.4 Å². The number of benzene rings is 1. The zero-order valence-electron chi connectivity index (χ0n) is 10.2. The molecule has 4 rings (SSSR count). The minimum Gasteiger partial charge on any atom is -0.508 e. The molecule has 0 aromatic heterocycles. The highest BCUT2D eigenvalue weighted by molar-refractivity contribution is 6.22. The zero-order valence-corrected chi connectivity index (χ0v) is 10.2. The molecule has 19 heavy (non-hydrogen) atoms. The van der Waals surface area contributed by atoms with E-state index in [2.05, 4.69) is 12.2 Å². The van der Waals surface area contributed by atoms with Crippen molar-refractivity contribution in [2.24, 2.45) is 23.7 Å². The fraction of sp³-hybridized carbons (Fsp3) is 0.333. The van der Waals surface area contributed by atoms with Gasteiger partial charge in [0.15, 0.2) is 0 Å². The first-order valence-corrected chi connectivity index (χ1v) is 6.52. The number of allylic oxidation sites excluding steroid dienone is 2. The van der Waals surface area contributed by atoms with Crippen molar-refractivity contribution in [2.45, 2.75) is 6.42 Å². The lowest BCUT2D eigenvalue weighted by molar-refractivity contribution is -0.123. The Balaban J connectivity index is 1.77. The predicted octanol–water partition coefficient (Wildman–Crippen LogP) is 1.70. The van der Waals surface area contributed by atoms with E-state index < -0.39 is 0 Å². The number of fused-ring (bicyclic) bond motifs is 5. The molecule has 2 aliphatic carbocycles. The van der Waals surface area contributed by atoms with E-state index >= 15 is 0 Å². The number of amides is 2. The first-order chi connectivity index (χ1) is 9.16. The summed E-state index contributed by atoms with van der Waals surface area (Å²) in [6.07, 6.45) is 5.08. The van der Waals surface area contributed by atoms with Crippen molar-refractivity contribution in [2.75, 3.05) is 4.90 Å². The number of hydrogen-bond acceptors (Lipinski definition) is 3. The maximum absolute atomic E-state index is 12.5. The van der Waals surface area contributed by atoms with E-state index in [-0.39, 0.29) is 41.2 Å². The minimum absolute atomic E-state index is 0.0660. The molecule has 0 spiro atoms. The first-order valence-electron chi connectivity index (χ1n) is 6.52. The Bertz CT molecular complexity index is 592. The van der Waals surface area contributed by atoms with Crippen LogP contribution in [0.2, 0.25) is 0 Å². The summed E-state index contributed by atoms with van der Waals surface area (Å²) < 4.78 is 0. The second kappa shape index (κ2) is 3.47. The molecule has 1 saturated carbocycles. The first kappa shape index (κ1) is 10.8. The maximum Gasteiger partial charge on any atom is 0.238 e. The van der Waals surface area contributed by atoms with Gasteiger partial charge in [0, 0.05) is 6.07 Å². The Morgan fingerprint density at radius 2 is 1.68 bits per heavy atom. The Morgan fingerprint density at radius 3 is 2.26 bits per heavy atom. The topological polar surface area (TPSA) is 57.6 Å². The van der Waals surface area contributed by atoms with Gasteiger partial charge < -0.3 is 5.11 Å². The SMILES string of the molecule is O=C1[C@@H]2[C@H](C(=O)N1c1cccc(O)c1)[C@@H]1C=C[C@@H]2C1. The van der Waals surface area contributed by atoms with Gasteiger partial charge in [0.25, 0.3) is 0 Å². The molecule has 1 aromatic carbocycles. The van der Waals surface area contributed by atoms with E-state index in [1.165, 1.54) is 17.0 Å². The molecule has 4 heteroatoms. The van der Waals surface area contributed by atoms with Crippen LogP contribution in [-0.4, -0.2) is 16.9 Å². The Kier molecular flexibility index (Phi) is 1.97. The largest absolute Gasteiger partial charge is 0.508 e. The van der Waals surface area contributed by atoms with Crippen LogP contribution >= 0.6 is 0 Å². The molecule has 1 aliphatic heterocycles. The Morgan fingerprint density at radius 1 is 1.05 bits per heavy atom. The van der Waals surface area contributed by atoms with Crippen molar-refractivity contribution in [3.63, 3.8) is 0 Å².